The van der Waals surface area contributed by atoms with Crippen molar-refractivity contribution in [1.82, 2.24) is 0 Å². The topological polar surface area (TPSA) is 18.5 Å². The summed E-state index contributed by atoms with van der Waals surface area (Å²) in [5.41, 5.74) is 0.909. The first-order chi connectivity index (χ1) is 8.32. The van der Waals surface area contributed by atoms with Gasteiger partial charge in [0.1, 0.15) is 17.5 Å². The van der Waals surface area contributed by atoms with Crippen LogP contribution in [0.2, 0.25) is 0 Å². The molecular weight excluding hydrogens is 292 g/mol. The lowest BCUT2D eigenvalue weighted by molar-refractivity contribution is -0.0846. The lowest BCUT2D eigenvalue weighted by Gasteiger charge is -2.27. The van der Waals surface area contributed by atoms with E-state index in [4.69, 9.17) is 9.47 Å². The molecule has 18 heavy (non-hydrogen) atoms. The van der Waals surface area contributed by atoms with Crippen molar-refractivity contribution in [1.29, 1.82) is 0 Å². The summed E-state index contributed by atoms with van der Waals surface area (Å²) in [5.74, 6) is 0.916. The van der Waals surface area contributed by atoms with E-state index in [0.29, 0.717) is 0 Å². The zero-order valence-electron chi connectivity index (χ0n) is 11.5. The van der Waals surface area contributed by atoms with Gasteiger partial charge in [0.2, 0.25) is 0 Å². The Hall–Kier alpha value is -0.540. The highest BCUT2D eigenvalue weighted by Gasteiger charge is 2.47. The molecule has 1 heterocycles. The zero-order valence-corrected chi connectivity index (χ0v) is 13.1. The van der Waals surface area contributed by atoms with Gasteiger partial charge in [0.15, 0.2) is 0 Å². The molecule has 0 aromatic heterocycles. The van der Waals surface area contributed by atoms with Gasteiger partial charge < -0.3 is 9.47 Å². The van der Waals surface area contributed by atoms with Gasteiger partial charge in [-0.3, -0.25) is 0 Å². The largest absolute Gasteiger partial charge is 0.487 e. The molecule has 0 spiro atoms. The van der Waals surface area contributed by atoms with Crippen molar-refractivity contribution in [2.75, 3.05) is 0 Å². The fourth-order valence-electron chi connectivity index (χ4n) is 2.52. The molecule has 1 aromatic carbocycles. The first-order valence-corrected chi connectivity index (χ1v) is 7.46. The number of hydrogen-bond donors (Lipinski definition) is 0. The second-order valence-electron chi connectivity index (χ2n) is 6.05. The number of ether oxygens (including phenoxy) is 2. The highest BCUT2D eigenvalue weighted by molar-refractivity contribution is 9.08. The van der Waals surface area contributed by atoms with Crippen LogP contribution in [0.3, 0.4) is 0 Å². The van der Waals surface area contributed by atoms with Crippen LogP contribution in [0.25, 0.3) is 0 Å². The molecule has 2 rings (SSSR count). The van der Waals surface area contributed by atoms with Gasteiger partial charge in [0.25, 0.3) is 0 Å². The van der Waals surface area contributed by atoms with Gasteiger partial charge in [0.05, 0.1) is 5.60 Å². The van der Waals surface area contributed by atoms with Gasteiger partial charge in [-0.15, -0.1) is 0 Å². The third-order valence-electron chi connectivity index (χ3n) is 3.35. The standard InChI is InChI=1S/C15H21BrO2/c1-14(2)9-13(15(3,4)18-14)17-12-7-5-11(10-16)6-8-12/h5-8,13H,9-10H2,1-4H3. The molecule has 100 valence electrons. The number of benzene rings is 1. The summed E-state index contributed by atoms with van der Waals surface area (Å²) in [4.78, 5) is 0. The van der Waals surface area contributed by atoms with Crippen LogP contribution in [0.4, 0.5) is 0 Å². The zero-order chi connectivity index (χ0) is 13.4. The van der Waals surface area contributed by atoms with Crippen molar-refractivity contribution < 1.29 is 9.47 Å². The van der Waals surface area contributed by atoms with Crippen LogP contribution >= 0.6 is 15.9 Å². The van der Waals surface area contributed by atoms with Gasteiger partial charge in [-0.05, 0) is 45.4 Å². The lowest BCUT2D eigenvalue weighted by atomic mass is 9.97. The minimum atomic E-state index is -0.238. The molecule has 0 aliphatic carbocycles. The average molecular weight is 313 g/mol. The lowest BCUT2D eigenvalue weighted by Crippen LogP contribution is -2.36. The molecular formula is C15H21BrO2. The van der Waals surface area contributed by atoms with Crippen molar-refractivity contribution in [3.05, 3.63) is 29.8 Å². The Kier molecular flexibility index (Phi) is 3.75. The molecule has 3 heteroatoms. The van der Waals surface area contributed by atoms with Gasteiger partial charge in [-0.1, -0.05) is 28.1 Å². The predicted octanol–water partition coefficient (Wildman–Crippen LogP) is 4.31. The monoisotopic (exact) mass is 312 g/mol. The van der Waals surface area contributed by atoms with E-state index in [1.165, 1.54) is 5.56 Å². The van der Waals surface area contributed by atoms with Crippen LogP contribution in [0.1, 0.15) is 39.7 Å². The van der Waals surface area contributed by atoms with Crippen LogP contribution in [0, 0.1) is 0 Å². The Morgan fingerprint density at radius 3 is 2.28 bits per heavy atom. The molecule has 0 N–H and O–H groups in total. The second-order valence-corrected chi connectivity index (χ2v) is 6.61. The first kappa shape index (κ1) is 13.9. The summed E-state index contributed by atoms with van der Waals surface area (Å²) >= 11 is 3.44. The smallest absolute Gasteiger partial charge is 0.130 e. The van der Waals surface area contributed by atoms with Crippen LogP contribution in [0.15, 0.2) is 24.3 Å². The van der Waals surface area contributed by atoms with Gasteiger partial charge in [-0.25, -0.2) is 0 Å². The quantitative estimate of drug-likeness (QED) is 0.774. The summed E-state index contributed by atoms with van der Waals surface area (Å²) in [6.07, 6.45) is 1.02. The molecule has 1 aliphatic rings. The Labute approximate surface area is 118 Å². The van der Waals surface area contributed by atoms with E-state index >= 15 is 0 Å². The molecule has 0 radical (unpaired) electrons. The maximum atomic E-state index is 6.09. The number of rotatable bonds is 3. The highest BCUT2D eigenvalue weighted by atomic mass is 79.9. The number of halogens is 1. The van der Waals surface area contributed by atoms with Crippen molar-refractivity contribution in [2.24, 2.45) is 0 Å². The van der Waals surface area contributed by atoms with E-state index in [9.17, 15) is 0 Å². The molecule has 1 aliphatic heterocycles. The van der Waals surface area contributed by atoms with Crippen LogP contribution < -0.4 is 4.74 Å². The Bertz CT molecular complexity index is 409. The number of hydrogen-bond acceptors (Lipinski definition) is 2. The van der Waals surface area contributed by atoms with E-state index in [1.54, 1.807) is 0 Å². The van der Waals surface area contributed by atoms with Crippen LogP contribution in [0.5, 0.6) is 5.75 Å². The SMILES string of the molecule is CC1(C)CC(Oc2ccc(CBr)cc2)C(C)(C)O1. The van der Waals surface area contributed by atoms with E-state index in [-0.39, 0.29) is 17.3 Å². The normalized spacial score (nSPS) is 25.1. The van der Waals surface area contributed by atoms with Crippen LogP contribution in [-0.2, 0) is 10.1 Å². The fourth-order valence-corrected chi connectivity index (χ4v) is 2.89. The van der Waals surface area contributed by atoms with Gasteiger partial charge in [0, 0.05) is 11.8 Å². The minimum Gasteiger partial charge on any atom is -0.487 e. The molecule has 2 nitrogen and oxygen atoms in total. The molecule has 1 fully saturated rings. The maximum absolute atomic E-state index is 6.09. The summed E-state index contributed by atoms with van der Waals surface area (Å²) in [6, 6.07) is 8.21. The molecule has 0 amide bonds. The molecule has 1 atom stereocenters. The van der Waals surface area contributed by atoms with Gasteiger partial charge >= 0.3 is 0 Å². The predicted molar refractivity (Wildman–Crippen MR) is 77.3 cm³/mol. The second kappa shape index (κ2) is 4.86. The Morgan fingerprint density at radius 1 is 1.22 bits per heavy atom. The van der Waals surface area contributed by atoms with Crippen molar-refractivity contribution in [3.8, 4) is 5.75 Å². The third-order valence-corrected chi connectivity index (χ3v) is 4.00. The molecule has 1 saturated heterocycles. The third kappa shape index (κ3) is 3.07. The van der Waals surface area contributed by atoms with E-state index < -0.39 is 0 Å². The van der Waals surface area contributed by atoms with Crippen molar-refractivity contribution in [3.63, 3.8) is 0 Å². The van der Waals surface area contributed by atoms with E-state index in [2.05, 4.69) is 55.8 Å². The maximum Gasteiger partial charge on any atom is 0.130 e. The summed E-state index contributed by atoms with van der Waals surface area (Å²) in [7, 11) is 0. The summed E-state index contributed by atoms with van der Waals surface area (Å²) in [6.45, 7) is 8.43. The molecule has 1 unspecified atom stereocenters. The fraction of sp³-hybridized carbons (Fsp3) is 0.600. The molecule has 1 aromatic rings. The van der Waals surface area contributed by atoms with Crippen molar-refractivity contribution >= 4 is 15.9 Å². The van der Waals surface area contributed by atoms with Gasteiger partial charge in [-0.2, -0.15) is 0 Å². The van der Waals surface area contributed by atoms with Crippen molar-refractivity contribution in [2.45, 2.75) is 56.8 Å². The minimum absolute atomic E-state index is 0.0994. The van der Waals surface area contributed by atoms with E-state index in [0.717, 1.165) is 17.5 Å². The Morgan fingerprint density at radius 2 is 1.83 bits per heavy atom. The average Bonchev–Trinajstić information content (AvgIpc) is 2.48. The summed E-state index contributed by atoms with van der Waals surface area (Å²) in [5, 5.41) is 0.873. The van der Waals surface area contributed by atoms with E-state index in [1.807, 2.05) is 12.1 Å². The Balaban J connectivity index is 2.09. The molecule has 0 bridgehead atoms. The van der Waals surface area contributed by atoms with Crippen LogP contribution in [-0.4, -0.2) is 17.3 Å². The summed E-state index contributed by atoms with van der Waals surface area (Å²) < 4.78 is 12.1. The number of alkyl halides is 1. The highest BCUT2D eigenvalue weighted by Crippen LogP contribution is 2.39. The first-order valence-electron chi connectivity index (χ1n) is 6.34. The molecule has 0 saturated carbocycles.